The number of hydrogen-bond acceptors (Lipinski definition) is 4. The summed E-state index contributed by atoms with van der Waals surface area (Å²) in [5.41, 5.74) is 0.0978. The monoisotopic (exact) mass is 211 g/mol. The summed E-state index contributed by atoms with van der Waals surface area (Å²) in [5.74, 6) is -0.253. The zero-order valence-corrected chi connectivity index (χ0v) is 8.80. The van der Waals surface area contributed by atoms with Gasteiger partial charge in [0.15, 0.2) is 0 Å². The number of furan rings is 1. The molecule has 1 heterocycles. The molecule has 0 bridgehead atoms. The van der Waals surface area contributed by atoms with Crippen LogP contribution in [0.5, 0.6) is 0 Å². The van der Waals surface area contributed by atoms with Crippen LogP contribution in [0, 0.1) is 0 Å². The molecule has 82 valence electrons. The molecular formula is C9H14BNO4. The van der Waals surface area contributed by atoms with Crippen molar-refractivity contribution in [3.8, 4) is 0 Å². The van der Waals surface area contributed by atoms with Gasteiger partial charge in [-0.15, -0.1) is 0 Å². The van der Waals surface area contributed by atoms with Gasteiger partial charge in [-0.3, -0.25) is 4.79 Å². The maximum Gasteiger partial charge on any atom is 0.527 e. The molecule has 0 saturated heterocycles. The third-order valence-corrected chi connectivity index (χ3v) is 2.21. The van der Waals surface area contributed by atoms with Gasteiger partial charge in [-0.2, -0.15) is 0 Å². The minimum atomic E-state index is -1.76. The van der Waals surface area contributed by atoms with Gasteiger partial charge in [0.2, 0.25) is 0 Å². The summed E-state index contributed by atoms with van der Waals surface area (Å²) < 4.78 is 4.84. The van der Waals surface area contributed by atoms with Crippen molar-refractivity contribution < 1.29 is 19.3 Å². The highest BCUT2D eigenvalue weighted by atomic mass is 16.4. The van der Waals surface area contributed by atoms with E-state index in [-0.39, 0.29) is 17.1 Å². The molecular weight excluding hydrogens is 197 g/mol. The fourth-order valence-corrected chi connectivity index (χ4v) is 1.38. The maximum absolute atomic E-state index is 11.8. The van der Waals surface area contributed by atoms with Gasteiger partial charge >= 0.3 is 7.12 Å². The van der Waals surface area contributed by atoms with Crippen molar-refractivity contribution in [2.45, 2.75) is 13.8 Å². The van der Waals surface area contributed by atoms with Crippen LogP contribution in [-0.2, 0) is 0 Å². The molecule has 0 spiro atoms. The smallest absolute Gasteiger partial charge is 0.472 e. The second kappa shape index (κ2) is 5.00. The first-order chi connectivity index (χ1) is 7.11. The van der Waals surface area contributed by atoms with Crippen molar-refractivity contribution in [1.29, 1.82) is 0 Å². The third-order valence-electron chi connectivity index (χ3n) is 2.21. The van der Waals surface area contributed by atoms with Crippen LogP contribution in [0.2, 0.25) is 0 Å². The first kappa shape index (κ1) is 11.8. The van der Waals surface area contributed by atoms with Crippen molar-refractivity contribution in [3.63, 3.8) is 0 Å². The molecule has 1 amide bonds. The Hall–Kier alpha value is -1.27. The zero-order valence-electron chi connectivity index (χ0n) is 8.80. The van der Waals surface area contributed by atoms with Gasteiger partial charge in [0.25, 0.3) is 5.91 Å². The zero-order chi connectivity index (χ0) is 11.4. The molecule has 0 fully saturated rings. The molecule has 2 N–H and O–H groups in total. The number of hydrogen-bond donors (Lipinski definition) is 2. The minimum Gasteiger partial charge on any atom is -0.472 e. The minimum absolute atomic E-state index is 0.105. The Labute approximate surface area is 88.5 Å². The van der Waals surface area contributed by atoms with E-state index >= 15 is 0 Å². The number of rotatable bonds is 4. The lowest BCUT2D eigenvalue weighted by Crippen LogP contribution is -2.38. The standard InChI is InChI=1S/C9H14BNO4/c1-3-11(4-2)9(12)7-5-6-15-8(7)10(13)14/h5-6,13-14H,3-4H2,1-2H3. The van der Waals surface area contributed by atoms with Crippen molar-refractivity contribution in [3.05, 3.63) is 17.9 Å². The predicted molar refractivity (Wildman–Crippen MR) is 55.8 cm³/mol. The normalized spacial score (nSPS) is 10.1. The first-order valence-corrected chi connectivity index (χ1v) is 4.84. The van der Waals surface area contributed by atoms with Crippen molar-refractivity contribution in [1.82, 2.24) is 4.90 Å². The van der Waals surface area contributed by atoms with Crippen LogP contribution < -0.4 is 5.66 Å². The van der Waals surface area contributed by atoms with E-state index in [2.05, 4.69) is 0 Å². The largest absolute Gasteiger partial charge is 0.527 e. The van der Waals surface area contributed by atoms with Gasteiger partial charge in [-0.05, 0) is 19.9 Å². The molecule has 1 rings (SSSR count). The van der Waals surface area contributed by atoms with Crippen molar-refractivity contribution in [2.24, 2.45) is 0 Å². The fourth-order valence-electron chi connectivity index (χ4n) is 1.38. The van der Waals surface area contributed by atoms with Crippen molar-refractivity contribution in [2.75, 3.05) is 13.1 Å². The Balaban J connectivity index is 2.95. The quantitative estimate of drug-likeness (QED) is 0.654. The van der Waals surface area contributed by atoms with Crippen LogP contribution in [-0.4, -0.2) is 41.1 Å². The van der Waals surface area contributed by atoms with E-state index in [1.165, 1.54) is 12.3 Å². The molecule has 1 aromatic heterocycles. The van der Waals surface area contributed by atoms with Gasteiger partial charge in [0.05, 0.1) is 11.8 Å². The van der Waals surface area contributed by atoms with Gasteiger partial charge < -0.3 is 19.4 Å². The van der Waals surface area contributed by atoms with Gasteiger partial charge in [0, 0.05) is 13.1 Å². The number of amides is 1. The van der Waals surface area contributed by atoms with Crippen LogP contribution in [0.3, 0.4) is 0 Å². The average Bonchev–Trinajstić information content (AvgIpc) is 2.67. The van der Waals surface area contributed by atoms with Crippen LogP contribution in [0.15, 0.2) is 16.7 Å². The molecule has 0 aliphatic carbocycles. The second-order valence-electron chi connectivity index (χ2n) is 3.05. The summed E-state index contributed by atoms with van der Waals surface area (Å²) in [5, 5.41) is 17.9. The van der Waals surface area contributed by atoms with E-state index in [4.69, 9.17) is 14.5 Å². The molecule has 0 aromatic carbocycles. The van der Waals surface area contributed by atoms with Crippen LogP contribution in [0.25, 0.3) is 0 Å². The Kier molecular flexibility index (Phi) is 3.93. The van der Waals surface area contributed by atoms with E-state index in [1.807, 2.05) is 13.8 Å². The highest BCUT2D eigenvalue weighted by Gasteiger charge is 2.26. The van der Waals surface area contributed by atoms with E-state index < -0.39 is 7.12 Å². The third kappa shape index (κ3) is 2.40. The van der Waals surface area contributed by atoms with Gasteiger partial charge in [0.1, 0.15) is 5.66 Å². The first-order valence-electron chi connectivity index (χ1n) is 4.84. The highest BCUT2D eigenvalue weighted by Crippen LogP contribution is 2.04. The van der Waals surface area contributed by atoms with Crippen LogP contribution in [0.1, 0.15) is 24.2 Å². The van der Waals surface area contributed by atoms with E-state index in [0.717, 1.165) is 0 Å². The lowest BCUT2D eigenvalue weighted by Gasteiger charge is -2.18. The van der Waals surface area contributed by atoms with E-state index in [1.54, 1.807) is 4.90 Å². The molecule has 0 aliphatic rings. The molecule has 1 aromatic rings. The topological polar surface area (TPSA) is 73.9 Å². The van der Waals surface area contributed by atoms with Crippen LogP contribution >= 0.6 is 0 Å². The number of carbonyl (C=O) groups is 1. The van der Waals surface area contributed by atoms with Crippen molar-refractivity contribution >= 4 is 18.7 Å². The second-order valence-corrected chi connectivity index (χ2v) is 3.05. The molecule has 0 saturated carbocycles. The summed E-state index contributed by atoms with van der Waals surface area (Å²) in [6, 6.07) is 1.44. The van der Waals surface area contributed by atoms with E-state index in [9.17, 15) is 4.79 Å². The molecule has 0 atom stereocenters. The Morgan fingerprint density at radius 3 is 2.53 bits per heavy atom. The maximum atomic E-state index is 11.8. The Bertz CT molecular complexity index is 333. The summed E-state index contributed by atoms with van der Waals surface area (Å²) in [6.07, 6.45) is 1.27. The fraction of sp³-hybridized carbons (Fsp3) is 0.444. The molecule has 0 unspecified atom stereocenters. The predicted octanol–water partition coefficient (Wildman–Crippen LogP) is -0.559. The van der Waals surface area contributed by atoms with Crippen LogP contribution in [0.4, 0.5) is 0 Å². The van der Waals surface area contributed by atoms with Gasteiger partial charge in [-0.25, -0.2) is 0 Å². The molecule has 15 heavy (non-hydrogen) atoms. The molecule has 6 heteroatoms. The summed E-state index contributed by atoms with van der Waals surface area (Å²) in [7, 11) is -1.76. The lowest BCUT2D eigenvalue weighted by molar-refractivity contribution is 0.0773. The summed E-state index contributed by atoms with van der Waals surface area (Å²) in [4.78, 5) is 13.4. The van der Waals surface area contributed by atoms with Gasteiger partial charge in [-0.1, -0.05) is 0 Å². The summed E-state index contributed by atoms with van der Waals surface area (Å²) in [6.45, 7) is 4.86. The Morgan fingerprint density at radius 2 is 2.07 bits per heavy atom. The molecule has 0 aliphatic heterocycles. The summed E-state index contributed by atoms with van der Waals surface area (Å²) >= 11 is 0. The molecule has 0 radical (unpaired) electrons. The highest BCUT2D eigenvalue weighted by molar-refractivity contribution is 6.58. The average molecular weight is 211 g/mol. The number of nitrogens with zero attached hydrogens (tertiary/aromatic N) is 1. The number of carbonyl (C=O) groups excluding carboxylic acids is 1. The molecule has 5 nitrogen and oxygen atoms in total. The van der Waals surface area contributed by atoms with E-state index in [0.29, 0.717) is 13.1 Å². The SMILES string of the molecule is CCN(CC)C(=O)c1ccoc1B(O)O. The lowest BCUT2D eigenvalue weighted by atomic mass is 9.84. The Morgan fingerprint density at radius 1 is 1.47 bits per heavy atom.